The summed E-state index contributed by atoms with van der Waals surface area (Å²) in [5.74, 6) is -1.53. The van der Waals surface area contributed by atoms with Crippen molar-refractivity contribution in [1.29, 1.82) is 0 Å². The van der Waals surface area contributed by atoms with Gasteiger partial charge in [0.05, 0.1) is 19.8 Å². The summed E-state index contributed by atoms with van der Waals surface area (Å²) in [5, 5.41) is 9.85. The molecule has 0 aliphatic heterocycles. The zero-order valence-corrected chi connectivity index (χ0v) is 52.8. The third-order valence-electron chi connectivity index (χ3n) is 13.3. The number of aliphatic hydroxyl groups is 1. The predicted molar refractivity (Wildman–Crippen MR) is 343 cm³/mol. The Morgan fingerprint density at radius 3 is 1.00 bits per heavy atom. The van der Waals surface area contributed by atoms with Crippen molar-refractivity contribution in [2.75, 3.05) is 26.4 Å². The molecule has 11 nitrogen and oxygen atoms in total. The van der Waals surface area contributed by atoms with Crippen LogP contribution in [-0.4, -0.2) is 66.5 Å². The lowest BCUT2D eigenvalue weighted by molar-refractivity contribution is -0.161. The van der Waals surface area contributed by atoms with Gasteiger partial charge in [-0.05, 0) is 128 Å². The van der Waals surface area contributed by atoms with E-state index in [-0.39, 0.29) is 25.9 Å². The number of allylic oxidation sites excluding steroid dienone is 20. The zero-order valence-electron chi connectivity index (χ0n) is 51.9. The quantitative estimate of drug-likeness (QED) is 0.0197. The van der Waals surface area contributed by atoms with E-state index < -0.39 is 57.8 Å². The number of carbonyl (C=O) groups excluding carboxylic acids is 3. The molecule has 0 aromatic carbocycles. The minimum absolute atomic E-state index is 0.121. The number of hydrogen-bond donors (Lipinski definition) is 2. The number of rotatable bonds is 59. The third-order valence-corrected chi connectivity index (χ3v) is 14.3. The van der Waals surface area contributed by atoms with Gasteiger partial charge in [-0.15, -0.1) is 0 Å². The highest BCUT2D eigenvalue weighted by molar-refractivity contribution is 7.47. The van der Waals surface area contributed by atoms with Crippen LogP contribution in [0.2, 0.25) is 0 Å². The molecule has 3 unspecified atom stereocenters. The molecule has 2 N–H and O–H groups in total. The number of unbranched alkanes of at least 4 members (excludes halogenated alkanes) is 22. The van der Waals surface area contributed by atoms with E-state index in [9.17, 15) is 28.9 Å². The number of phosphoric acid groups is 1. The molecule has 12 heteroatoms. The predicted octanol–water partition coefficient (Wildman–Crippen LogP) is 19.9. The van der Waals surface area contributed by atoms with Gasteiger partial charge >= 0.3 is 25.7 Å². The molecule has 0 saturated heterocycles. The normalized spacial score (nSPS) is 14.1. The Balaban J connectivity index is 4.80. The van der Waals surface area contributed by atoms with Crippen LogP contribution in [0.4, 0.5) is 0 Å². The first-order chi connectivity index (χ1) is 40.2. The minimum Gasteiger partial charge on any atom is -0.462 e. The monoisotopic (exact) mass is 1160 g/mol. The highest BCUT2D eigenvalue weighted by atomic mass is 31.2. The highest BCUT2D eigenvalue weighted by Gasteiger charge is 2.28. The fourth-order valence-corrected chi connectivity index (χ4v) is 9.27. The molecule has 468 valence electrons. The van der Waals surface area contributed by atoms with E-state index in [2.05, 4.69) is 142 Å². The molecule has 0 saturated carbocycles. The molecule has 0 aromatic heterocycles. The third kappa shape index (κ3) is 60.5. The summed E-state index contributed by atoms with van der Waals surface area (Å²) in [6.45, 7) is 4.36. The first-order valence-electron chi connectivity index (χ1n) is 32.4. The first-order valence-corrected chi connectivity index (χ1v) is 33.9. The fraction of sp³-hybridized carbons (Fsp3) is 0.671. The maximum atomic E-state index is 13.0. The van der Waals surface area contributed by atoms with Gasteiger partial charge in [0.15, 0.2) is 6.10 Å². The number of phosphoric ester groups is 1. The summed E-state index contributed by atoms with van der Waals surface area (Å²) in [7, 11) is -4.78. The van der Waals surface area contributed by atoms with Gasteiger partial charge in [-0.3, -0.25) is 23.4 Å². The molecule has 0 fully saturated rings. The molecule has 0 heterocycles. The molecular weight excluding hydrogens is 1050 g/mol. The van der Waals surface area contributed by atoms with Gasteiger partial charge in [0.25, 0.3) is 0 Å². The van der Waals surface area contributed by atoms with E-state index >= 15 is 0 Å². The Hall–Kier alpha value is -4.12. The van der Waals surface area contributed by atoms with Crippen molar-refractivity contribution in [3.63, 3.8) is 0 Å². The van der Waals surface area contributed by atoms with Gasteiger partial charge in [0.1, 0.15) is 12.7 Å². The van der Waals surface area contributed by atoms with Gasteiger partial charge in [0, 0.05) is 19.3 Å². The lowest BCUT2D eigenvalue weighted by atomic mass is 10.1. The van der Waals surface area contributed by atoms with Crippen LogP contribution >= 0.6 is 7.82 Å². The van der Waals surface area contributed by atoms with E-state index in [1.807, 2.05) is 0 Å². The second-order valence-electron chi connectivity index (χ2n) is 21.2. The maximum absolute atomic E-state index is 13.0. The molecule has 3 atom stereocenters. The number of esters is 3. The number of carbonyl (C=O) groups is 3. The van der Waals surface area contributed by atoms with E-state index in [0.29, 0.717) is 19.3 Å². The van der Waals surface area contributed by atoms with Crippen molar-refractivity contribution in [1.82, 2.24) is 0 Å². The van der Waals surface area contributed by atoms with E-state index in [1.165, 1.54) is 83.5 Å². The largest absolute Gasteiger partial charge is 0.472 e. The van der Waals surface area contributed by atoms with E-state index in [1.54, 1.807) is 0 Å². The highest BCUT2D eigenvalue weighted by Crippen LogP contribution is 2.43. The van der Waals surface area contributed by atoms with Crippen molar-refractivity contribution in [3.05, 3.63) is 122 Å². The van der Waals surface area contributed by atoms with Crippen LogP contribution in [0.1, 0.15) is 265 Å². The average Bonchev–Trinajstić information content (AvgIpc) is 3.50. The summed E-state index contributed by atoms with van der Waals surface area (Å²) in [4.78, 5) is 48.8. The van der Waals surface area contributed by atoms with Crippen molar-refractivity contribution in [2.24, 2.45) is 0 Å². The number of hydrogen-bond acceptors (Lipinski definition) is 10. The van der Waals surface area contributed by atoms with Crippen LogP contribution < -0.4 is 0 Å². The van der Waals surface area contributed by atoms with E-state index in [0.717, 1.165) is 122 Å². The Morgan fingerprint density at radius 2 is 0.634 bits per heavy atom. The standard InChI is InChI=1S/C70H117O11P/c1-4-7-10-13-16-19-22-25-28-31-33-36-38-41-44-47-50-53-56-59-68(72)77-63-67(81-70(74)61-58-55-52-49-46-43-40-37-34-32-29-26-23-20-17-14-11-8-5-2)65-79-82(75,76)78-64-66(62-71)80-69(73)60-57-54-51-48-45-42-39-35-30-27-24-21-18-15-12-9-6-3/h8-9,11-12,17-18,20-21,25-30,34,37,39,42-43,46,66-67,71H,4-7,10,13-16,19,22-24,31-33,35-36,38,40-41,44-45,47-65H2,1-3H3,(H,75,76)/b11-8-,12-9-,20-17-,21-18-,28-25-,29-26-,30-27-,37-34-,42-39-,46-43-. The summed E-state index contributed by atoms with van der Waals surface area (Å²) in [5.41, 5.74) is 0. The molecule has 0 rings (SSSR count). The Kier molecular flexibility index (Phi) is 59.8. The molecule has 0 spiro atoms. The van der Waals surface area contributed by atoms with Gasteiger partial charge < -0.3 is 24.2 Å². The SMILES string of the molecule is CC/C=C\C/C=C\C/C=C\C/C=C\C/C=C\CCCCCC(=O)OC(COC(=O)CCCCCCCCCCC/C=C\CCCCCCCC)COP(=O)(O)OCC(CO)OC(=O)CCCCCC/C=C\C/C=C\C/C=C\C/C=C\CC. The zero-order chi connectivity index (χ0) is 59.8. The number of ether oxygens (including phenoxy) is 3. The van der Waals surface area contributed by atoms with Crippen LogP contribution in [0.3, 0.4) is 0 Å². The van der Waals surface area contributed by atoms with Crippen molar-refractivity contribution in [3.8, 4) is 0 Å². The lowest BCUT2D eigenvalue weighted by Gasteiger charge is -2.21. The second kappa shape index (κ2) is 62.9. The van der Waals surface area contributed by atoms with Gasteiger partial charge in [-0.25, -0.2) is 4.57 Å². The summed E-state index contributed by atoms with van der Waals surface area (Å²) < 4.78 is 39.7. The number of aliphatic hydroxyl groups excluding tert-OH is 1. The maximum Gasteiger partial charge on any atom is 0.472 e. The Morgan fingerprint density at radius 1 is 0.354 bits per heavy atom. The van der Waals surface area contributed by atoms with Crippen molar-refractivity contribution >= 4 is 25.7 Å². The molecule has 0 aliphatic carbocycles. The fourth-order valence-electron chi connectivity index (χ4n) is 8.49. The summed E-state index contributed by atoms with van der Waals surface area (Å²) in [6.07, 6.45) is 78.6. The van der Waals surface area contributed by atoms with Crippen LogP contribution in [0.5, 0.6) is 0 Å². The minimum atomic E-state index is -4.78. The molecular formula is C70H117O11P. The van der Waals surface area contributed by atoms with Gasteiger partial charge in [0.2, 0.25) is 0 Å². The molecule has 0 aromatic rings. The van der Waals surface area contributed by atoms with Crippen LogP contribution in [0.25, 0.3) is 0 Å². The summed E-state index contributed by atoms with van der Waals surface area (Å²) >= 11 is 0. The molecule has 82 heavy (non-hydrogen) atoms. The van der Waals surface area contributed by atoms with Gasteiger partial charge in [-0.1, -0.05) is 239 Å². The summed E-state index contributed by atoms with van der Waals surface area (Å²) in [6, 6.07) is 0. The first kappa shape index (κ1) is 77.9. The van der Waals surface area contributed by atoms with Crippen molar-refractivity contribution in [2.45, 2.75) is 277 Å². The van der Waals surface area contributed by atoms with E-state index in [4.69, 9.17) is 23.3 Å². The van der Waals surface area contributed by atoms with Crippen LogP contribution in [0.15, 0.2) is 122 Å². The molecule has 0 aliphatic rings. The smallest absolute Gasteiger partial charge is 0.462 e. The lowest BCUT2D eigenvalue weighted by Crippen LogP contribution is -2.30. The molecule has 0 amide bonds. The van der Waals surface area contributed by atoms with Gasteiger partial charge in [-0.2, -0.15) is 0 Å². The Bertz CT molecular complexity index is 1840. The van der Waals surface area contributed by atoms with Crippen LogP contribution in [-0.2, 0) is 42.2 Å². The van der Waals surface area contributed by atoms with Crippen molar-refractivity contribution < 1.29 is 52.2 Å². The molecule has 0 radical (unpaired) electrons. The van der Waals surface area contributed by atoms with Crippen LogP contribution in [0, 0.1) is 0 Å². The Labute approximate surface area is 500 Å². The average molecular weight is 1170 g/mol. The second-order valence-corrected chi connectivity index (χ2v) is 22.6. The topological polar surface area (TPSA) is 155 Å². The molecule has 0 bridgehead atoms.